The number of hydrogen-bond acceptors (Lipinski definition) is 2. The molecule has 0 saturated carbocycles. The number of furan rings is 1. The van der Waals surface area contributed by atoms with Gasteiger partial charge in [-0.2, -0.15) is 0 Å². The van der Waals surface area contributed by atoms with E-state index in [0.29, 0.717) is 0 Å². The van der Waals surface area contributed by atoms with E-state index in [4.69, 9.17) is 4.42 Å². The Morgan fingerprint density at radius 1 is 1.10 bits per heavy atom. The Balaban J connectivity index is 2.18. The van der Waals surface area contributed by atoms with Gasteiger partial charge in [0.05, 0.1) is 6.04 Å². The van der Waals surface area contributed by atoms with Crippen LogP contribution >= 0.6 is 0 Å². The molecule has 0 aliphatic rings. The minimum atomic E-state index is -0.221. The first-order valence-corrected chi connectivity index (χ1v) is 7.17. The normalized spacial score (nSPS) is 12.7. The van der Waals surface area contributed by atoms with E-state index in [-0.39, 0.29) is 11.9 Å². The second-order valence-electron chi connectivity index (χ2n) is 5.06. The smallest absolute Gasteiger partial charge is 0.134 e. The van der Waals surface area contributed by atoms with Crippen molar-refractivity contribution >= 4 is 11.0 Å². The Bertz CT molecular complexity index is 746. The van der Waals surface area contributed by atoms with Crippen molar-refractivity contribution in [3.05, 3.63) is 71.2 Å². The second kappa shape index (κ2) is 5.70. The average molecular weight is 283 g/mol. The van der Waals surface area contributed by atoms with Gasteiger partial charge in [-0.25, -0.2) is 4.39 Å². The quantitative estimate of drug-likeness (QED) is 0.765. The minimum absolute atomic E-state index is 0.0100. The lowest BCUT2D eigenvalue weighted by molar-refractivity contribution is 0.539. The highest BCUT2D eigenvalue weighted by atomic mass is 19.1. The summed E-state index contributed by atoms with van der Waals surface area (Å²) in [5.41, 5.74) is 3.06. The predicted octanol–water partition coefficient (Wildman–Crippen LogP) is 4.44. The fourth-order valence-electron chi connectivity index (χ4n) is 2.83. The predicted molar refractivity (Wildman–Crippen MR) is 82.9 cm³/mol. The van der Waals surface area contributed by atoms with Gasteiger partial charge in [-0.15, -0.1) is 0 Å². The van der Waals surface area contributed by atoms with E-state index in [2.05, 4.69) is 18.3 Å². The molecule has 0 saturated heterocycles. The van der Waals surface area contributed by atoms with Gasteiger partial charge < -0.3 is 9.73 Å². The van der Waals surface area contributed by atoms with Gasteiger partial charge in [0.1, 0.15) is 17.2 Å². The van der Waals surface area contributed by atoms with Crippen molar-refractivity contribution in [3.8, 4) is 0 Å². The highest BCUT2D eigenvalue weighted by Crippen LogP contribution is 2.34. The van der Waals surface area contributed by atoms with E-state index in [9.17, 15) is 4.39 Å². The van der Waals surface area contributed by atoms with Crippen molar-refractivity contribution in [1.82, 2.24) is 5.32 Å². The molecule has 3 aromatic rings. The van der Waals surface area contributed by atoms with Gasteiger partial charge in [0, 0.05) is 17.4 Å². The number of nitrogens with one attached hydrogen (secondary N) is 1. The SMILES string of the molecule is CCc1oc2ccccc2c1C(NC)c1ccc(F)cc1. The van der Waals surface area contributed by atoms with Crippen LogP contribution in [0.1, 0.15) is 29.9 Å². The summed E-state index contributed by atoms with van der Waals surface area (Å²) in [6, 6.07) is 14.6. The molecular weight excluding hydrogens is 265 g/mol. The molecule has 1 N–H and O–H groups in total. The van der Waals surface area contributed by atoms with Crippen molar-refractivity contribution in [2.45, 2.75) is 19.4 Å². The van der Waals surface area contributed by atoms with Crippen LogP contribution in [0.25, 0.3) is 11.0 Å². The van der Waals surface area contributed by atoms with E-state index >= 15 is 0 Å². The number of rotatable bonds is 4. The molecule has 1 atom stereocenters. The molecule has 0 aliphatic carbocycles. The fourth-order valence-corrected chi connectivity index (χ4v) is 2.83. The first kappa shape index (κ1) is 13.8. The van der Waals surface area contributed by atoms with Crippen molar-refractivity contribution in [3.63, 3.8) is 0 Å². The van der Waals surface area contributed by atoms with Gasteiger partial charge in [-0.1, -0.05) is 37.3 Å². The highest BCUT2D eigenvalue weighted by molar-refractivity contribution is 5.83. The highest BCUT2D eigenvalue weighted by Gasteiger charge is 2.21. The Labute approximate surface area is 123 Å². The first-order chi connectivity index (χ1) is 10.2. The standard InChI is InChI=1S/C18H18FNO/c1-3-15-17(14-6-4-5-7-16(14)21-15)18(20-2)12-8-10-13(19)11-9-12/h4-11,18,20H,3H2,1-2H3. The Morgan fingerprint density at radius 3 is 2.48 bits per heavy atom. The van der Waals surface area contributed by atoms with Gasteiger partial charge in [0.2, 0.25) is 0 Å². The summed E-state index contributed by atoms with van der Waals surface area (Å²) in [5, 5.41) is 4.43. The van der Waals surface area contributed by atoms with Crippen LogP contribution in [0.4, 0.5) is 4.39 Å². The minimum Gasteiger partial charge on any atom is -0.461 e. The summed E-state index contributed by atoms with van der Waals surface area (Å²) in [6.45, 7) is 2.08. The van der Waals surface area contributed by atoms with Crippen LogP contribution in [0.3, 0.4) is 0 Å². The molecule has 1 unspecified atom stereocenters. The van der Waals surface area contributed by atoms with Gasteiger partial charge in [-0.3, -0.25) is 0 Å². The topological polar surface area (TPSA) is 25.2 Å². The molecule has 0 aliphatic heterocycles. The van der Waals surface area contributed by atoms with E-state index in [0.717, 1.165) is 34.3 Å². The van der Waals surface area contributed by atoms with Crippen LogP contribution in [-0.4, -0.2) is 7.05 Å². The molecule has 0 radical (unpaired) electrons. The molecule has 2 nitrogen and oxygen atoms in total. The summed E-state index contributed by atoms with van der Waals surface area (Å²) in [7, 11) is 1.91. The van der Waals surface area contributed by atoms with Crippen LogP contribution in [0.5, 0.6) is 0 Å². The second-order valence-corrected chi connectivity index (χ2v) is 5.06. The van der Waals surface area contributed by atoms with Crippen molar-refractivity contribution in [1.29, 1.82) is 0 Å². The molecule has 0 fully saturated rings. The van der Waals surface area contributed by atoms with E-state index in [1.165, 1.54) is 12.1 Å². The number of halogens is 1. The van der Waals surface area contributed by atoms with E-state index < -0.39 is 0 Å². The molecule has 21 heavy (non-hydrogen) atoms. The van der Waals surface area contributed by atoms with Gasteiger partial charge in [-0.05, 0) is 30.8 Å². The number of fused-ring (bicyclic) bond motifs is 1. The fraction of sp³-hybridized carbons (Fsp3) is 0.222. The number of aryl methyl sites for hydroxylation is 1. The monoisotopic (exact) mass is 283 g/mol. The summed E-state index contributed by atoms with van der Waals surface area (Å²) >= 11 is 0. The number of para-hydroxylation sites is 1. The summed E-state index contributed by atoms with van der Waals surface area (Å²) in [4.78, 5) is 0. The molecular formula is C18H18FNO. The van der Waals surface area contributed by atoms with Crippen LogP contribution in [0.15, 0.2) is 52.9 Å². The summed E-state index contributed by atoms with van der Waals surface area (Å²) in [6.07, 6.45) is 0.823. The molecule has 2 aromatic carbocycles. The van der Waals surface area contributed by atoms with Crippen LogP contribution < -0.4 is 5.32 Å². The third-order valence-electron chi connectivity index (χ3n) is 3.81. The van der Waals surface area contributed by atoms with Crippen LogP contribution in [0.2, 0.25) is 0 Å². The lowest BCUT2D eigenvalue weighted by Crippen LogP contribution is -2.18. The van der Waals surface area contributed by atoms with Crippen molar-refractivity contribution in [2.24, 2.45) is 0 Å². The van der Waals surface area contributed by atoms with E-state index in [1.807, 2.05) is 37.4 Å². The van der Waals surface area contributed by atoms with Gasteiger partial charge in [0.15, 0.2) is 0 Å². The lowest BCUT2D eigenvalue weighted by Gasteiger charge is -2.17. The zero-order valence-corrected chi connectivity index (χ0v) is 12.2. The molecule has 3 heteroatoms. The Morgan fingerprint density at radius 2 is 1.81 bits per heavy atom. The zero-order chi connectivity index (χ0) is 14.8. The molecule has 1 aromatic heterocycles. The van der Waals surface area contributed by atoms with Gasteiger partial charge in [0.25, 0.3) is 0 Å². The maximum absolute atomic E-state index is 13.2. The molecule has 0 bridgehead atoms. The first-order valence-electron chi connectivity index (χ1n) is 7.17. The van der Waals surface area contributed by atoms with E-state index in [1.54, 1.807) is 0 Å². The molecule has 108 valence electrons. The number of benzene rings is 2. The zero-order valence-electron chi connectivity index (χ0n) is 12.2. The molecule has 0 amide bonds. The summed E-state index contributed by atoms with van der Waals surface area (Å²) in [5.74, 6) is 0.751. The molecule has 0 spiro atoms. The largest absolute Gasteiger partial charge is 0.461 e. The average Bonchev–Trinajstić information content (AvgIpc) is 2.89. The Hall–Kier alpha value is -2.13. The van der Waals surface area contributed by atoms with Crippen LogP contribution in [-0.2, 0) is 6.42 Å². The third kappa shape index (κ3) is 2.45. The Kier molecular flexibility index (Phi) is 3.76. The summed E-state index contributed by atoms with van der Waals surface area (Å²) < 4.78 is 19.1. The molecule has 1 heterocycles. The maximum Gasteiger partial charge on any atom is 0.134 e. The molecule has 3 rings (SSSR count). The van der Waals surface area contributed by atoms with Crippen molar-refractivity contribution in [2.75, 3.05) is 7.05 Å². The number of hydrogen-bond donors (Lipinski definition) is 1. The third-order valence-corrected chi connectivity index (χ3v) is 3.81. The van der Waals surface area contributed by atoms with Gasteiger partial charge >= 0.3 is 0 Å². The lowest BCUT2D eigenvalue weighted by atomic mass is 9.95. The van der Waals surface area contributed by atoms with Crippen molar-refractivity contribution < 1.29 is 8.81 Å². The maximum atomic E-state index is 13.2. The van der Waals surface area contributed by atoms with Crippen LogP contribution in [0, 0.1) is 5.82 Å².